The minimum Gasteiger partial charge on any atom is -0.396 e. The molecular weight excluding hydrogens is 277 g/mol. The van der Waals surface area contributed by atoms with Gasteiger partial charge in [-0.05, 0) is 24.6 Å². The van der Waals surface area contributed by atoms with Gasteiger partial charge in [-0.3, -0.25) is 19.3 Å². The maximum absolute atomic E-state index is 13.0. The normalized spacial score (nSPS) is 14.6. The molecule has 0 saturated carbocycles. The molecule has 0 spiro atoms. The molecule has 6 nitrogen and oxygen atoms in total. The number of anilines is 2. The Morgan fingerprint density at radius 3 is 2.57 bits per heavy atom. The smallest absolute Gasteiger partial charge is 0.229 e. The molecule has 7 heteroatoms. The van der Waals surface area contributed by atoms with E-state index in [-0.39, 0.29) is 49.2 Å². The molecule has 3 N–H and O–H groups in total. The molecule has 1 heterocycles. The van der Waals surface area contributed by atoms with Crippen LogP contribution in [0.2, 0.25) is 0 Å². The van der Waals surface area contributed by atoms with Crippen molar-refractivity contribution in [2.75, 3.05) is 17.6 Å². The third-order valence-corrected chi connectivity index (χ3v) is 3.22. The number of benzene rings is 1. The highest BCUT2D eigenvalue weighted by molar-refractivity contribution is 6.02. The van der Waals surface area contributed by atoms with Crippen LogP contribution in [-0.4, -0.2) is 29.2 Å². The van der Waals surface area contributed by atoms with E-state index in [0.29, 0.717) is 12.1 Å². The number of likely N-dealkylation sites (tertiary alicyclic amines) is 1. The maximum Gasteiger partial charge on any atom is 0.229 e. The van der Waals surface area contributed by atoms with Crippen molar-refractivity contribution in [3.8, 4) is 0 Å². The van der Waals surface area contributed by atoms with Crippen molar-refractivity contribution in [2.24, 2.45) is 0 Å². The highest BCUT2D eigenvalue weighted by atomic mass is 19.1. The number of nitrogens with one attached hydrogen (secondary N) is 1. The van der Waals surface area contributed by atoms with Gasteiger partial charge < -0.3 is 11.1 Å². The number of carbonyl (C=O) groups excluding carboxylic acids is 3. The summed E-state index contributed by atoms with van der Waals surface area (Å²) in [4.78, 5) is 35.6. The molecule has 1 saturated heterocycles. The van der Waals surface area contributed by atoms with Gasteiger partial charge >= 0.3 is 0 Å². The second-order valence-corrected chi connectivity index (χ2v) is 4.83. The van der Waals surface area contributed by atoms with Gasteiger partial charge in [0.2, 0.25) is 17.7 Å². The Morgan fingerprint density at radius 1 is 1.29 bits per heavy atom. The predicted octanol–water partition coefficient (Wildman–Crippen LogP) is 1.28. The number of hydrogen-bond donors (Lipinski definition) is 2. The maximum atomic E-state index is 13.0. The minimum atomic E-state index is -0.543. The first kappa shape index (κ1) is 15.0. The Kier molecular flexibility index (Phi) is 4.52. The van der Waals surface area contributed by atoms with Crippen LogP contribution in [0, 0.1) is 5.82 Å². The Bertz CT molecular complexity index is 573. The van der Waals surface area contributed by atoms with Crippen LogP contribution in [0.4, 0.5) is 15.8 Å². The van der Waals surface area contributed by atoms with Crippen molar-refractivity contribution in [2.45, 2.75) is 25.7 Å². The van der Waals surface area contributed by atoms with E-state index in [4.69, 9.17) is 5.73 Å². The zero-order chi connectivity index (χ0) is 15.4. The van der Waals surface area contributed by atoms with Gasteiger partial charge in [-0.2, -0.15) is 0 Å². The summed E-state index contributed by atoms with van der Waals surface area (Å²) < 4.78 is 13.0. The Balaban J connectivity index is 1.78. The third kappa shape index (κ3) is 3.77. The summed E-state index contributed by atoms with van der Waals surface area (Å²) in [6, 6.07) is 3.92. The summed E-state index contributed by atoms with van der Waals surface area (Å²) in [5.41, 5.74) is 5.77. The van der Waals surface area contributed by atoms with Crippen molar-refractivity contribution < 1.29 is 18.8 Å². The molecule has 0 aliphatic carbocycles. The van der Waals surface area contributed by atoms with Gasteiger partial charge in [-0.15, -0.1) is 0 Å². The van der Waals surface area contributed by atoms with Gasteiger partial charge in [0.1, 0.15) is 5.82 Å². The Morgan fingerprint density at radius 2 is 1.95 bits per heavy atom. The molecule has 2 rings (SSSR count). The number of hydrogen-bond acceptors (Lipinski definition) is 4. The molecular formula is C14H16FN3O3. The van der Waals surface area contributed by atoms with E-state index in [1.807, 2.05) is 0 Å². The molecule has 0 unspecified atom stereocenters. The number of halogens is 1. The molecule has 0 bridgehead atoms. The number of rotatable bonds is 5. The van der Waals surface area contributed by atoms with Gasteiger partial charge in [0.05, 0.1) is 5.69 Å². The number of amides is 3. The standard InChI is InChI=1S/C14H16FN3O3/c15-10-4-3-9(8-11(10)16)17-12(19)2-1-7-18-13(20)5-6-14(18)21/h3-4,8H,1-2,5-7,16H2,(H,17,19). The fraction of sp³-hybridized carbons (Fsp3) is 0.357. The van der Waals surface area contributed by atoms with Gasteiger partial charge in [0.25, 0.3) is 0 Å². The fourth-order valence-electron chi connectivity index (χ4n) is 2.11. The van der Waals surface area contributed by atoms with Crippen LogP contribution in [0.1, 0.15) is 25.7 Å². The zero-order valence-electron chi connectivity index (χ0n) is 11.4. The fourth-order valence-corrected chi connectivity index (χ4v) is 2.11. The summed E-state index contributed by atoms with van der Waals surface area (Å²) in [5, 5.41) is 2.58. The first-order valence-corrected chi connectivity index (χ1v) is 6.65. The lowest BCUT2D eigenvalue weighted by atomic mass is 10.2. The van der Waals surface area contributed by atoms with Crippen LogP contribution >= 0.6 is 0 Å². The average Bonchev–Trinajstić information content (AvgIpc) is 2.74. The molecule has 112 valence electrons. The highest BCUT2D eigenvalue weighted by Crippen LogP contribution is 2.17. The first-order chi connectivity index (χ1) is 9.97. The van der Waals surface area contributed by atoms with Crippen molar-refractivity contribution in [1.82, 2.24) is 4.90 Å². The quantitative estimate of drug-likeness (QED) is 0.631. The van der Waals surface area contributed by atoms with Crippen molar-refractivity contribution in [1.29, 1.82) is 0 Å². The van der Waals surface area contributed by atoms with Crippen LogP contribution in [0.15, 0.2) is 18.2 Å². The summed E-state index contributed by atoms with van der Waals surface area (Å²) in [7, 11) is 0. The van der Waals surface area contributed by atoms with Gasteiger partial charge in [-0.25, -0.2) is 4.39 Å². The summed E-state index contributed by atoms with van der Waals surface area (Å²) in [6.07, 6.45) is 1.05. The lowest BCUT2D eigenvalue weighted by Gasteiger charge is -2.13. The first-order valence-electron chi connectivity index (χ1n) is 6.65. The van der Waals surface area contributed by atoms with Crippen molar-refractivity contribution >= 4 is 29.1 Å². The number of nitrogen functional groups attached to an aromatic ring is 1. The van der Waals surface area contributed by atoms with Crippen LogP contribution in [-0.2, 0) is 14.4 Å². The lowest BCUT2D eigenvalue weighted by Crippen LogP contribution is -2.30. The number of imide groups is 1. The Labute approximate surface area is 121 Å². The molecule has 1 aromatic carbocycles. The number of nitrogens with two attached hydrogens (primary N) is 1. The predicted molar refractivity (Wildman–Crippen MR) is 74.6 cm³/mol. The van der Waals surface area contributed by atoms with E-state index in [1.54, 1.807) is 0 Å². The van der Waals surface area contributed by atoms with E-state index < -0.39 is 5.82 Å². The van der Waals surface area contributed by atoms with Gasteiger partial charge in [-0.1, -0.05) is 0 Å². The third-order valence-electron chi connectivity index (χ3n) is 3.22. The van der Waals surface area contributed by atoms with E-state index >= 15 is 0 Å². The number of nitrogens with zero attached hydrogens (tertiary/aromatic N) is 1. The lowest BCUT2D eigenvalue weighted by molar-refractivity contribution is -0.138. The van der Waals surface area contributed by atoms with Crippen LogP contribution < -0.4 is 11.1 Å². The average molecular weight is 293 g/mol. The molecule has 0 radical (unpaired) electrons. The van der Waals surface area contributed by atoms with E-state index in [0.717, 1.165) is 0 Å². The highest BCUT2D eigenvalue weighted by Gasteiger charge is 2.28. The molecule has 1 fully saturated rings. The van der Waals surface area contributed by atoms with Crippen molar-refractivity contribution in [3.05, 3.63) is 24.0 Å². The monoisotopic (exact) mass is 293 g/mol. The SMILES string of the molecule is Nc1cc(NC(=O)CCCN2C(=O)CCC2=O)ccc1F. The molecule has 1 aromatic rings. The molecule has 0 aromatic heterocycles. The van der Waals surface area contributed by atoms with Crippen molar-refractivity contribution in [3.63, 3.8) is 0 Å². The van der Waals surface area contributed by atoms with Gasteiger partial charge in [0.15, 0.2) is 0 Å². The minimum absolute atomic E-state index is 0.0407. The van der Waals surface area contributed by atoms with E-state index in [1.165, 1.54) is 23.1 Å². The molecule has 21 heavy (non-hydrogen) atoms. The van der Waals surface area contributed by atoms with E-state index in [2.05, 4.69) is 5.32 Å². The van der Waals surface area contributed by atoms with Crippen LogP contribution in [0.25, 0.3) is 0 Å². The van der Waals surface area contributed by atoms with Crippen LogP contribution in [0.3, 0.4) is 0 Å². The van der Waals surface area contributed by atoms with Crippen LogP contribution in [0.5, 0.6) is 0 Å². The number of carbonyl (C=O) groups is 3. The summed E-state index contributed by atoms with van der Waals surface area (Å²) >= 11 is 0. The molecule has 1 aliphatic rings. The molecule has 1 aliphatic heterocycles. The topological polar surface area (TPSA) is 92.5 Å². The largest absolute Gasteiger partial charge is 0.396 e. The Hall–Kier alpha value is -2.44. The summed E-state index contributed by atoms with van der Waals surface area (Å²) in [5.74, 6) is -1.20. The second-order valence-electron chi connectivity index (χ2n) is 4.83. The molecule has 0 atom stereocenters. The summed E-state index contributed by atoms with van der Waals surface area (Å²) in [6.45, 7) is 0.247. The van der Waals surface area contributed by atoms with E-state index in [9.17, 15) is 18.8 Å². The van der Waals surface area contributed by atoms with Gasteiger partial charge in [0, 0.05) is 31.5 Å². The zero-order valence-corrected chi connectivity index (χ0v) is 11.4. The second kappa shape index (κ2) is 6.34. The molecule has 3 amide bonds.